The maximum absolute atomic E-state index is 5.80. The van der Waals surface area contributed by atoms with E-state index in [1.54, 1.807) is 6.26 Å². The lowest BCUT2D eigenvalue weighted by atomic mass is 10.1. The second kappa shape index (κ2) is 5.14. The molecule has 0 saturated heterocycles. The van der Waals surface area contributed by atoms with Crippen molar-refractivity contribution in [1.29, 1.82) is 0 Å². The van der Waals surface area contributed by atoms with Crippen LogP contribution in [0.3, 0.4) is 0 Å². The van der Waals surface area contributed by atoms with Gasteiger partial charge in [0.1, 0.15) is 0 Å². The van der Waals surface area contributed by atoms with E-state index in [4.69, 9.17) is 4.42 Å². The molecule has 0 bridgehead atoms. The summed E-state index contributed by atoms with van der Waals surface area (Å²) in [5.41, 5.74) is 5.58. The third-order valence-corrected chi connectivity index (χ3v) is 4.49. The van der Waals surface area contributed by atoms with Crippen LogP contribution in [0.1, 0.15) is 0 Å². The van der Waals surface area contributed by atoms with Crippen molar-refractivity contribution in [3.05, 3.63) is 91.2 Å². The van der Waals surface area contributed by atoms with Gasteiger partial charge in [0.2, 0.25) is 5.71 Å². The summed E-state index contributed by atoms with van der Waals surface area (Å²) < 4.78 is 7.99. The maximum Gasteiger partial charge on any atom is 0.212 e. The Morgan fingerprint density at radius 2 is 1.42 bits per heavy atom. The first-order valence-electron chi connectivity index (χ1n) is 8.04. The van der Waals surface area contributed by atoms with E-state index in [0.29, 0.717) is 0 Å². The van der Waals surface area contributed by atoms with Crippen molar-refractivity contribution in [3.63, 3.8) is 0 Å². The predicted molar refractivity (Wildman–Crippen MR) is 98.5 cm³/mol. The van der Waals surface area contributed by atoms with Crippen LogP contribution in [-0.4, -0.2) is 4.57 Å². The van der Waals surface area contributed by atoms with Crippen molar-refractivity contribution in [2.45, 2.75) is 0 Å². The first-order valence-corrected chi connectivity index (χ1v) is 8.04. The lowest BCUT2D eigenvalue weighted by Gasteiger charge is -2.09. The number of aromatic nitrogens is 1. The molecule has 114 valence electrons. The van der Waals surface area contributed by atoms with E-state index < -0.39 is 0 Å². The molecule has 0 saturated carbocycles. The molecule has 0 atom stereocenters. The van der Waals surface area contributed by atoms with Crippen LogP contribution in [0, 0.1) is 0 Å². The molecule has 0 spiro atoms. The van der Waals surface area contributed by atoms with Gasteiger partial charge in [0, 0.05) is 16.5 Å². The fourth-order valence-corrected chi connectivity index (χ4v) is 3.40. The summed E-state index contributed by atoms with van der Waals surface area (Å²) in [5, 5.41) is 2.36. The van der Waals surface area contributed by atoms with Gasteiger partial charge in [0.15, 0.2) is 0 Å². The average Bonchev–Trinajstić information content (AvgIpc) is 3.23. The predicted octanol–water partition coefficient (Wildman–Crippen LogP) is 6.04. The molecule has 0 radical (unpaired) electrons. The van der Waals surface area contributed by atoms with E-state index in [0.717, 1.165) is 22.3 Å². The van der Waals surface area contributed by atoms with E-state index in [1.807, 2.05) is 12.1 Å². The lowest BCUT2D eigenvalue weighted by molar-refractivity contribution is 0.596. The molecule has 0 N–H and O–H groups in total. The van der Waals surface area contributed by atoms with Crippen molar-refractivity contribution in [1.82, 2.24) is 4.57 Å². The van der Waals surface area contributed by atoms with Crippen LogP contribution in [-0.2, 0) is 0 Å². The number of fused-ring (bicyclic) bond motifs is 3. The number of rotatable bonds is 2. The molecule has 0 aliphatic carbocycles. The fraction of sp³-hybridized carbons (Fsp3) is 0. The monoisotopic (exact) mass is 309 g/mol. The minimum absolute atomic E-state index is 0.890. The quantitative estimate of drug-likeness (QED) is 0.388. The molecule has 0 aliphatic rings. The van der Waals surface area contributed by atoms with Gasteiger partial charge in [-0.2, -0.15) is 0 Å². The molecule has 0 unspecified atom stereocenters. The van der Waals surface area contributed by atoms with Crippen molar-refractivity contribution in [2.24, 2.45) is 0 Å². The highest BCUT2D eigenvalue weighted by atomic mass is 16.3. The van der Waals surface area contributed by atoms with E-state index in [1.165, 1.54) is 16.5 Å². The molecular weight excluding hydrogens is 294 g/mol. The number of para-hydroxylation sites is 1. The molecule has 5 rings (SSSR count). The highest BCUT2D eigenvalue weighted by Gasteiger charge is 2.14. The zero-order chi connectivity index (χ0) is 15.9. The summed E-state index contributed by atoms with van der Waals surface area (Å²) in [4.78, 5) is 0. The minimum atomic E-state index is 0.890. The smallest absolute Gasteiger partial charge is 0.212 e. The van der Waals surface area contributed by atoms with Crippen LogP contribution >= 0.6 is 0 Å². The molecule has 0 fully saturated rings. The van der Waals surface area contributed by atoms with Crippen molar-refractivity contribution in [3.8, 4) is 16.8 Å². The van der Waals surface area contributed by atoms with Crippen LogP contribution in [0.4, 0.5) is 0 Å². The topological polar surface area (TPSA) is 18.1 Å². The second-order valence-corrected chi connectivity index (χ2v) is 5.91. The van der Waals surface area contributed by atoms with Gasteiger partial charge in [-0.15, -0.1) is 0 Å². The Morgan fingerprint density at radius 3 is 2.33 bits per heavy atom. The van der Waals surface area contributed by atoms with Crippen LogP contribution in [0.5, 0.6) is 0 Å². The Kier molecular flexibility index (Phi) is 2.83. The summed E-state index contributed by atoms with van der Waals surface area (Å²) in [7, 11) is 0. The molecule has 2 heteroatoms. The lowest BCUT2D eigenvalue weighted by Crippen LogP contribution is -1.93. The molecule has 24 heavy (non-hydrogen) atoms. The minimum Gasteiger partial charge on any atom is -0.447 e. The Morgan fingerprint density at radius 1 is 0.625 bits per heavy atom. The molecule has 2 aromatic heterocycles. The third-order valence-electron chi connectivity index (χ3n) is 4.49. The van der Waals surface area contributed by atoms with E-state index in [-0.39, 0.29) is 0 Å². The van der Waals surface area contributed by atoms with Gasteiger partial charge in [-0.1, -0.05) is 60.7 Å². The summed E-state index contributed by atoms with van der Waals surface area (Å²) >= 11 is 0. The van der Waals surface area contributed by atoms with Crippen LogP contribution < -0.4 is 0 Å². The van der Waals surface area contributed by atoms with Gasteiger partial charge in [-0.05, 0) is 35.4 Å². The molecular formula is C22H15NO. The summed E-state index contributed by atoms with van der Waals surface area (Å²) in [5.74, 6) is 0. The average molecular weight is 309 g/mol. The number of furan rings is 1. The number of hydrogen-bond acceptors (Lipinski definition) is 1. The van der Waals surface area contributed by atoms with Crippen molar-refractivity contribution < 1.29 is 4.42 Å². The van der Waals surface area contributed by atoms with Crippen molar-refractivity contribution in [2.75, 3.05) is 0 Å². The van der Waals surface area contributed by atoms with Crippen LogP contribution in [0.15, 0.2) is 95.6 Å². The number of nitrogens with zero attached hydrogens (tertiary/aromatic N) is 1. The second-order valence-electron chi connectivity index (χ2n) is 5.91. The maximum atomic E-state index is 5.80. The largest absolute Gasteiger partial charge is 0.447 e. The normalized spacial score (nSPS) is 11.3. The van der Waals surface area contributed by atoms with Gasteiger partial charge >= 0.3 is 0 Å². The molecule has 5 aromatic rings. The molecule has 2 heterocycles. The third kappa shape index (κ3) is 1.90. The molecule has 2 nitrogen and oxygen atoms in total. The molecule has 0 amide bonds. The van der Waals surface area contributed by atoms with Gasteiger partial charge in [0.25, 0.3) is 0 Å². The highest BCUT2D eigenvalue weighted by molar-refractivity contribution is 6.07. The van der Waals surface area contributed by atoms with Crippen LogP contribution in [0.25, 0.3) is 38.8 Å². The van der Waals surface area contributed by atoms with Gasteiger partial charge in [-0.3, -0.25) is 4.57 Å². The molecule has 0 aliphatic heterocycles. The number of benzene rings is 3. The summed E-state index contributed by atoms with van der Waals surface area (Å²) in [6.45, 7) is 0. The van der Waals surface area contributed by atoms with Gasteiger partial charge in [0.05, 0.1) is 11.8 Å². The molecule has 3 aromatic carbocycles. The first-order chi connectivity index (χ1) is 11.9. The SMILES string of the molecule is c1ccc(-c2cccc(-n3c4ccccc4c4ccoc43)c2)cc1. The summed E-state index contributed by atoms with van der Waals surface area (Å²) in [6, 6.07) is 29.5. The first kappa shape index (κ1) is 13.2. The Labute approximate surface area is 139 Å². The Bertz CT molecular complexity index is 1150. The standard InChI is InChI=1S/C22H15NO/c1-2-7-16(8-3-1)17-9-6-10-18(15-17)23-21-12-5-4-11-19(21)20-13-14-24-22(20)23/h1-15H. The van der Waals surface area contributed by atoms with Crippen LogP contribution in [0.2, 0.25) is 0 Å². The van der Waals surface area contributed by atoms with Gasteiger partial charge < -0.3 is 4.42 Å². The van der Waals surface area contributed by atoms with E-state index in [9.17, 15) is 0 Å². The summed E-state index contributed by atoms with van der Waals surface area (Å²) in [6.07, 6.45) is 1.76. The fourth-order valence-electron chi connectivity index (χ4n) is 3.40. The van der Waals surface area contributed by atoms with E-state index >= 15 is 0 Å². The Balaban J connectivity index is 1.80. The van der Waals surface area contributed by atoms with E-state index in [2.05, 4.69) is 77.4 Å². The highest BCUT2D eigenvalue weighted by Crippen LogP contribution is 2.33. The van der Waals surface area contributed by atoms with Gasteiger partial charge in [-0.25, -0.2) is 0 Å². The number of hydrogen-bond donors (Lipinski definition) is 0. The Hall–Kier alpha value is -3.26. The zero-order valence-electron chi connectivity index (χ0n) is 13.0. The zero-order valence-corrected chi connectivity index (χ0v) is 13.0. The van der Waals surface area contributed by atoms with Crippen molar-refractivity contribution >= 4 is 22.0 Å².